The van der Waals surface area contributed by atoms with Crippen molar-refractivity contribution in [3.63, 3.8) is 0 Å². The van der Waals surface area contributed by atoms with Gasteiger partial charge in [-0.15, -0.1) is 0 Å². The fourth-order valence-electron chi connectivity index (χ4n) is 4.34. The van der Waals surface area contributed by atoms with Crippen LogP contribution < -0.4 is 0 Å². The number of cyclic esters (lactones) is 4. The van der Waals surface area contributed by atoms with E-state index in [9.17, 15) is 32.3 Å². The number of hydrogen-bond donors (Lipinski definition) is 0. The lowest BCUT2D eigenvalue weighted by Gasteiger charge is -2.40. The highest BCUT2D eigenvalue weighted by Gasteiger charge is 2.65. The van der Waals surface area contributed by atoms with Gasteiger partial charge in [0, 0.05) is 5.92 Å². The van der Waals surface area contributed by atoms with E-state index in [0.29, 0.717) is 0 Å². The van der Waals surface area contributed by atoms with Gasteiger partial charge >= 0.3 is 30.1 Å². The Balaban J connectivity index is 1.95. The highest BCUT2D eigenvalue weighted by atomic mass is 19.4. The lowest BCUT2D eigenvalue weighted by Crippen LogP contribution is -2.46. The number of rotatable bonds is 1. The average molecular weight is 368 g/mol. The Hall–Kier alpha value is -2.71. The van der Waals surface area contributed by atoms with Gasteiger partial charge in [0.05, 0.1) is 30.1 Å². The van der Waals surface area contributed by atoms with E-state index in [0.717, 1.165) is 0 Å². The Bertz CT molecular complexity index is 845. The van der Waals surface area contributed by atoms with Crippen molar-refractivity contribution in [3.05, 3.63) is 35.4 Å². The highest BCUT2D eigenvalue weighted by molar-refractivity contribution is 6.01. The van der Waals surface area contributed by atoms with E-state index < -0.39 is 66.1 Å². The molecule has 0 amide bonds. The van der Waals surface area contributed by atoms with Crippen LogP contribution >= 0.6 is 0 Å². The number of esters is 4. The standard InChI is InChI=1S/C17H11F3O6/c18-17(19,20)13-10(8-5-9(21)25-14(8)22)6-3-1-2-4-7(6)11-12(13)16(24)26-15(11)23/h1-4,8,10-13H,5H2. The fourth-order valence-corrected chi connectivity index (χ4v) is 4.34. The van der Waals surface area contributed by atoms with Crippen molar-refractivity contribution in [2.45, 2.75) is 24.4 Å². The van der Waals surface area contributed by atoms with Gasteiger partial charge in [-0.2, -0.15) is 13.2 Å². The summed E-state index contributed by atoms with van der Waals surface area (Å²) in [6.45, 7) is 0. The molecule has 0 aromatic heterocycles. The molecular weight excluding hydrogens is 357 g/mol. The molecule has 6 nitrogen and oxygen atoms in total. The largest absolute Gasteiger partial charge is 0.393 e. The number of benzene rings is 1. The zero-order valence-corrected chi connectivity index (χ0v) is 13.0. The maximum absolute atomic E-state index is 13.9. The zero-order chi connectivity index (χ0) is 18.8. The van der Waals surface area contributed by atoms with E-state index in [1.54, 1.807) is 0 Å². The summed E-state index contributed by atoms with van der Waals surface area (Å²) in [6, 6.07) is 5.81. The van der Waals surface area contributed by atoms with E-state index >= 15 is 0 Å². The molecule has 3 aliphatic rings. The molecule has 9 heteroatoms. The summed E-state index contributed by atoms with van der Waals surface area (Å²) in [6.07, 6.45) is -5.40. The van der Waals surface area contributed by atoms with Crippen molar-refractivity contribution in [1.82, 2.24) is 0 Å². The van der Waals surface area contributed by atoms with Crippen molar-refractivity contribution in [2.24, 2.45) is 17.8 Å². The molecule has 4 rings (SSSR count). The van der Waals surface area contributed by atoms with Gasteiger partial charge in [0.2, 0.25) is 0 Å². The van der Waals surface area contributed by atoms with Gasteiger partial charge < -0.3 is 9.47 Å². The zero-order valence-electron chi connectivity index (χ0n) is 13.0. The van der Waals surface area contributed by atoms with Gasteiger partial charge in [-0.1, -0.05) is 24.3 Å². The van der Waals surface area contributed by atoms with Gasteiger partial charge in [-0.3, -0.25) is 19.2 Å². The van der Waals surface area contributed by atoms with Gasteiger partial charge in [-0.25, -0.2) is 0 Å². The summed E-state index contributed by atoms with van der Waals surface area (Å²) in [5.41, 5.74) is 0.324. The van der Waals surface area contributed by atoms with E-state index in [1.807, 2.05) is 0 Å². The summed E-state index contributed by atoms with van der Waals surface area (Å²) in [5.74, 6) is -12.6. The van der Waals surface area contributed by atoms with Crippen LogP contribution in [0.1, 0.15) is 29.4 Å². The molecule has 5 atom stereocenters. The second-order valence-corrected chi connectivity index (χ2v) is 6.57. The first-order chi connectivity index (χ1) is 12.2. The van der Waals surface area contributed by atoms with Crippen molar-refractivity contribution >= 4 is 23.9 Å². The quantitative estimate of drug-likeness (QED) is 0.555. The van der Waals surface area contributed by atoms with Gasteiger partial charge in [0.15, 0.2) is 0 Å². The van der Waals surface area contributed by atoms with Crippen LogP contribution in [0.2, 0.25) is 0 Å². The predicted octanol–water partition coefficient (Wildman–Crippen LogP) is 1.84. The Labute approximate surface area is 144 Å². The van der Waals surface area contributed by atoms with Crippen LogP contribution in [0.4, 0.5) is 13.2 Å². The molecule has 0 N–H and O–H groups in total. The van der Waals surface area contributed by atoms with Crippen molar-refractivity contribution in [3.8, 4) is 0 Å². The molecule has 0 spiro atoms. The molecule has 2 saturated heterocycles. The van der Waals surface area contributed by atoms with E-state index in [2.05, 4.69) is 9.47 Å². The SMILES string of the molecule is O=C1CC(C2c3ccccc3C3C(=O)OC(=O)C3C2C(F)(F)F)C(=O)O1. The first-order valence-electron chi connectivity index (χ1n) is 7.85. The third-order valence-electron chi connectivity index (χ3n) is 5.27. The Kier molecular flexibility index (Phi) is 3.47. The maximum atomic E-state index is 13.9. The molecule has 2 heterocycles. The van der Waals surface area contributed by atoms with E-state index in [1.165, 1.54) is 24.3 Å². The first kappa shape index (κ1) is 16.7. The molecule has 0 bridgehead atoms. The number of carbonyl (C=O) groups excluding carboxylic acids is 4. The average Bonchev–Trinajstić information content (AvgIpc) is 3.03. The summed E-state index contributed by atoms with van der Waals surface area (Å²) in [7, 11) is 0. The van der Waals surface area contributed by atoms with Crippen LogP contribution in [0, 0.1) is 17.8 Å². The lowest BCUT2D eigenvalue weighted by molar-refractivity contribution is -0.205. The van der Waals surface area contributed by atoms with Crippen LogP contribution in [-0.2, 0) is 28.7 Å². The summed E-state index contributed by atoms with van der Waals surface area (Å²) in [4.78, 5) is 47.6. The van der Waals surface area contributed by atoms with Crippen LogP contribution in [-0.4, -0.2) is 30.1 Å². The Morgan fingerprint density at radius 3 is 2.08 bits per heavy atom. The van der Waals surface area contributed by atoms with E-state index in [4.69, 9.17) is 0 Å². The van der Waals surface area contributed by atoms with Crippen LogP contribution in [0.25, 0.3) is 0 Å². The normalized spacial score (nSPS) is 33.6. The molecule has 0 saturated carbocycles. The Morgan fingerprint density at radius 1 is 0.846 bits per heavy atom. The first-order valence-corrected chi connectivity index (χ1v) is 7.85. The topological polar surface area (TPSA) is 86.7 Å². The molecule has 1 aromatic carbocycles. The Morgan fingerprint density at radius 2 is 1.50 bits per heavy atom. The van der Waals surface area contributed by atoms with Gasteiger partial charge in [0.25, 0.3) is 0 Å². The van der Waals surface area contributed by atoms with Crippen molar-refractivity contribution in [2.75, 3.05) is 0 Å². The fraction of sp³-hybridized carbons (Fsp3) is 0.412. The number of ether oxygens (including phenoxy) is 2. The molecule has 26 heavy (non-hydrogen) atoms. The minimum Gasteiger partial charge on any atom is -0.393 e. The molecule has 5 unspecified atom stereocenters. The number of fused-ring (bicyclic) bond motifs is 3. The minimum absolute atomic E-state index is 0.111. The molecule has 136 valence electrons. The molecule has 2 aliphatic heterocycles. The second-order valence-electron chi connectivity index (χ2n) is 6.57. The number of hydrogen-bond acceptors (Lipinski definition) is 6. The van der Waals surface area contributed by atoms with E-state index in [-0.39, 0.29) is 11.1 Å². The van der Waals surface area contributed by atoms with Crippen LogP contribution in [0.15, 0.2) is 24.3 Å². The van der Waals surface area contributed by atoms with Crippen molar-refractivity contribution < 1.29 is 41.8 Å². The third kappa shape index (κ3) is 2.26. The number of alkyl halides is 3. The van der Waals surface area contributed by atoms with Crippen LogP contribution in [0.3, 0.4) is 0 Å². The van der Waals surface area contributed by atoms with Crippen LogP contribution in [0.5, 0.6) is 0 Å². The number of carbonyl (C=O) groups is 4. The smallest absolute Gasteiger partial charge is 0.393 e. The van der Waals surface area contributed by atoms with Crippen molar-refractivity contribution in [1.29, 1.82) is 0 Å². The summed E-state index contributed by atoms with van der Waals surface area (Å²) < 4.78 is 50.8. The highest BCUT2D eigenvalue weighted by Crippen LogP contribution is 2.58. The molecule has 0 radical (unpaired) electrons. The second kappa shape index (κ2) is 5.39. The number of halogens is 3. The molecular formula is C17H11F3O6. The van der Waals surface area contributed by atoms with Gasteiger partial charge in [0.1, 0.15) is 0 Å². The monoisotopic (exact) mass is 368 g/mol. The predicted molar refractivity (Wildman–Crippen MR) is 75.3 cm³/mol. The van der Waals surface area contributed by atoms with Gasteiger partial charge in [-0.05, 0) is 11.1 Å². The maximum Gasteiger partial charge on any atom is 0.393 e. The minimum atomic E-state index is -4.89. The summed E-state index contributed by atoms with van der Waals surface area (Å²) >= 11 is 0. The molecule has 1 aliphatic carbocycles. The third-order valence-corrected chi connectivity index (χ3v) is 5.27. The molecule has 1 aromatic rings. The summed E-state index contributed by atoms with van der Waals surface area (Å²) in [5, 5.41) is 0. The lowest BCUT2D eigenvalue weighted by atomic mass is 9.60. The molecule has 2 fully saturated rings.